The van der Waals surface area contributed by atoms with E-state index in [-0.39, 0.29) is 11.8 Å². The van der Waals surface area contributed by atoms with E-state index < -0.39 is 5.82 Å². The molecular weight excluding hydrogens is 181 g/mol. The molecule has 0 bridgehead atoms. The Bertz CT molecular complexity index is 322. The lowest BCUT2D eigenvalue weighted by molar-refractivity contribution is 0.428. The standard InChI is InChI=1S/C11H14FNO/c1-7-5-8(6-10(14)11(7)12)9-3-2-4-13-9/h5-6,9,13-14H,2-4H2,1H3. The SMILES string of the molecule is Cc1cc(C2CCCN2)cc(O)c1F. The monoisotopic (exact) mass is 195 g/mol. The number of rotatable bonds is 1. The van der Waals surface area contributed by atoms with E-state index in [1.807, 2.05) is 0 Å². The van der Waals surface area contributed by atoms with Crippen LogP contribution in [0.1, 0.15) is 30.0 Å². The van der Waals surface area contributed by atoms with Gasteiger partial charge in [-0.1, -0.05) is 6.07 Å². The van der Waals surface area contributed by atoms with Crippen molar-refractivity contribution in [3.63, 3.8) is 0 Å². The van der Waals surface area contributed by atoms with Crippen molar-refractivity contribution in [2.45, 2.75) is 25.8 Å². The molecule has 1 aromatic rings. The van der Waals surface area contributed by atoms with Crippen LogP contribution < -0.4 is 5.32 Å². The molecule has 1 unspecified atom stereocenters. The first-order valence-corrected chi connectivity index (χ1v) is 4.91. The Morgan fingerprint density at radius 2 is 2.29 bits per heavy atom. The first-order valence-electron chi connectivity index (χ1n) is 4.91. The number of nitrogens with one attached hydrogen (secondary N) is 1. The fourth-order valence-electron chi connectivity index (χ4n) is 1.95. The molecule has 0 aliphatic carbocycles. The molecule has 1 fully saturated rings. The van der Waals surface area contributed by atoms with Crippen molar-refractivity contribution < 1.29 is 9.50 Å². The number of aryl methyl sites for hydroxylation is 1. The first kappa shape index (κ1) is 9.46. The van der Waals surface area contributed by atoms with Gasteiger partial charge in [-0.25, -0.2) is 4.39 Å². The highest BCUT2D eigenvalue weighted by atomic mass is 19.1. The quantitative estimate of drug-likeness (QED) is 0.720. The minimum atomic E-state index is -0.508. The van der Waals surface area contributed by atoms with E-state index >= 15 is 0 Å². The Balaban J connectivity index is 2.34. The second-order valence-electron chi connectivity index (χ2n) is 3.82. The minimum absolute atomic E-state index is 0.242. The molecule has 1 aliphatic rings. The molecule has 1 aromatic carbocycles. The highest BCUT2D eigenvalue weighted by Crippen LogP contribution is 2.29. The van der Waals surface area contributed by atoms with Crippen LogP contribution in [-0.4, -0.2) is 11.7 Å². The van der Waals surface area contributed by atoms with Gasteiger partial charge < -0.3 is 10.4 Å². The average Bonchev–Trinajstić information content (AvgIpc) is 2.66. The predicted molar refractivity (Wildman–Crippen MR) is 52.8 cm³/mol. The molecule has 1 saturated heterocycles. The van der Waals surface area contributed by atoms with Crippen LogP contribution in [-0.2, 0) is 0 Å². The van der Waals surface area contributed by atoms with Crippen molar-refractivity contribution >= 4 is 0 Å². The van der Waals surface area contributed by atoms with Crippen molar-refractivity contribution in [1.29, 1.82) is 0 Å². The number of benzene rings is 1. The molecule has 76 valence electrons. The Morgan fingerprint density at radius 1 is 1.50 bits per heavy atom. The Kier molecular flexibility index (Phi) is 2.42. The molecule has 1 heterocycles. The number of phenolic OH excluding ortho intramolecular Hbond substituents is 1. The molecule has 1 atom stereocenters. The maximum Gasteiger partial charge on any atom is 0.167 e. The number of hydrogen-bond acceptors (Lipinski definition) is 2. The van der Waals surface area contributed by atoms with Crippen LogP contribution in [0, 0.1) is 12.7 Å². The van der Waals surface area contributed by atoms with Gasteiger partial charge in [-0.2, -0.15) is 0 Å². The largest absolute Gasteiger partial charge is 0.505 e. The van der Waals surface area contributed by atoms with Gasteiger partial charge in [0.15, 0.2) is 11.6 Å². The summed E-state index contributed by atoms with van der Waals surface area (Å²) >= 11 is 0. The molecule has 3 heteroatoms. The molecule has 0 radical (unpaired) electrons. The maximum atomic E-state index is 13.1. The highest BCUT2D eigenvalue weighted by molar-refractivity contribution is 5.36. The van der Waals surface area contributed by atoms with Gasteiger partial charge >= 0.3 is 0 Å². The van der Waals surface area contributed by atoms with Crippen molar-refractivity contribution in [1.82, 2.24) is 5.32 Å². The summed E-state index contributed by atoms with van der Waals surface area (Å²) in [5, 5.41) is 12.7. The predicted octanol–water partition coefficient (Wildman–Crippen LogP) is 2.26. The third kappa shape index (κ3) is 1.60. The average molecular weight is 195 g/mol. The second kappa shape index (κ2) is 3.58. The van der Waals surface area contributed by atoms with Crippen LogP contribution in [0.5, 0.6) is 5.75 Å². The van der Waals surface area contributed by atoms with Crippen LogP contribution in [0.4, 0.5) is 4.39 Å². The zero-order valence-electron chi connectivity index (χ0n) is 8.18. The number of hydrogen-bond donors (Lipinski definition) is 2. The van der Waals surface area contributed by atoms with Gasteiger partial charge in [0, 0.05) is 6.04 Å². The van der Waals surface area contributed by atoms with Gasteiger partial charge in [0.1, 0.15) is 0 Å². The van der Waals surface area contributed by atoms with Gasteiger partial charge in [-0.3, -0.25) is 0 Å². The van der Waals surface area contributed by atoms with Gasteiger partial charge in [0.2, 0.25) is 0 Å². The van der Waals surface area contributed by atoms with Crippen molar-refractivity contribution in [3.05, 3.63) is 29.1 Å². The molecule has 14 heavy (non-hydrogen) atoms. The van der Waals surface area contributed by atoms with E-state index in [4.69, 9.17) is 0 Å². The van der Waals surface area contributed by atoms with Crippen LogP contribution in [0.25, 0.3) is 0 Å². The Labute approximate surface area is 82.8 Å². The highest BCUT2D eigenvalue weighted by Gasteiger charge is 2.18. The lowest BCUT2D eigenvalue weighted by Crippen LogP contribution is -2.13. The molecule has 2 rings (SSSR count). The summed E-state index contributed by atoms with van der Waals surface area (Å²) in [6.07, 6.45) is 2.20. The molecule has 0 aromatic heterocycles. The molecule has 0 saturated carbocycles. The zero-order chi connectivity index (χ0) is 10.1. The van der Waals surface area contributed by atoms with Gasteiger partial charge in [-0.05, 0) is 43.5 Å². The van der Waals surface area contributed by atoms with Crippen molar-refractivity contribution in [3.8, 4) is 5.75 Å². The number of phenols is 1. The van der Waals surface area contributed by atoms with E-state index in [2.05, 4.69) is 5.32 Å². The summed E-state index contributed by atoms with van der Waals surface area (Å²) in [7, 11) is 0. The van der Waals surface area contributed by atoms with Crippen LogP contribution in [0.15, 0.2) is 12.1 Å². The van der Waals surface area contributed by atoms with Gasteiger partial charge in [-0.15, -0.1) is 0 Å². The lowest BCUT2D eigenvalue weighted by Gasteiger charge is -2.12. The van der Waals surface area contributed by atoms with Gasteiger partial charge in [0.25, 0.3) is 0 Å². The molecule has 1 aliphatic heterocycles. The fourth-order valence-corrected chi connectivity index (χ4v) is 1.95. The third-order valence-electron chi connectivity index (χ3n) is 2.72. The molecule has 0 spiro atoms. The molecule has 2 N–H and O–H groups in total. The van der Waals surface area contributed by atoms with Crippen molar-refractivity contribution in [2.75, 3.05) is 6.54 Å². The van der Waals surface area contributed by atoms with Gasteiger partial charge in [0.05, 0.1) is 0 Å². The second-order valence-corrected chi connectivity index (χ2v) is 3.82. The lowest BCUT2D eigenvalue weighted by atomic mass is 10.0. The van der Waals surface area contributed by atoms with Crippen LogP contribution in [0.3, 0.4) is 0 Å². The smallest absolute Gasteiger partial charge is 0.167 e. The third-order valence-corrected chi connectivity index (χ3v) is 2.72. The normalized spacial score (nSPS) is 21.4. The maximum absolute atomic E-state index is 13.1. The summed E-state index contributed by atoms with van der Waals surface area (Å²) in [6.45, 7) is 2.68. The summed E-state index contributed by atoms with van der Waals surface area (Å²) in [5.74, 6) is -0.750. The van der Waals surface area contributed by atoms with E-state index in [0.29, 0.717) is 5.56 Å². The fraction of sp³-hybridized carbons (Fsp3) is 0.455. The van der Waals surface area contributed by atoms with E-state index in [1.54, 1.807) is 13.0 Å². The van der Waals surface area contributed by atoms with Crippen LogP contribution in [0.2, 0.25) is 0 Å². The number of halogens is 1. The molecule has 2 nitrogen and oxygen atoms in total. The van der Waals surface area contributed by atoms with E-state index in [0.717, 1.165) is 24.9 Å². The summed E-state index contributed by atoms with van der Waals surface area (Å²) < 4.78 is 13.1. The minimum Gasteiger partial charge on any atom is -0.505 e. The topological polar surface area (TPSA) is 32.3 Å². The van der Waals surface area contributed by atoms with Crippen LogP contribution >= 0.6 is 0 Å². The van der Waals surface area contributed by atoms with E-state index in [1.165, 1.54) is 6.07 Å². The summed E-state index contributed by atoms with van der Waals surface area (Å²) in [5.41, 5.74) is 1.49. The molecular formula is C11H14FNO. The molecule has 0 amide bonds. The summed E-state index contributed by atoms with van der Waals surface area (Å²) in [6, 6.07) is 3.60. The summed E-state index contributed by atoms with van der Waals surface area (Å²) in [4.78, 5) is 0. The van der Waals surface area contributed by atoms with Crippen molar-refractivity contribution in [2.24, 2.45) is 0 Å². The zero-order valence-corrected chi connectivity index (χ0v) is 8.18. The Morgan fingerprint density at radius 3 is 2.86 bits per heavy atom. The number of aromatic hydroxyl groups is 1. The first-order chi connectivity index (χ1) is 6.68. The van der Waals surface area contributed by atoms with E-state index in [9.17, 15) is 9.50 Å². The Hall–Kier alpha value is -1.09.